The molecule has 0 aromatic heterocycles. The van der Waals surface area contributed by atoms with Gasteiger partial charge < -0.3 is 15.3 Å². The van der Waals surface area contributed by atoms with Gasteiger partial charge in [0.05, 0.1) is 6.10 Å². The van der Waals surface area contributed by atoms with Gasteiger partial charge in [-0.15, -0.1) is 0 Å². The topological polar surface area (TPSA) is 35.5 Å². The number of nitrogens with zero attached hydrogens (tertiary/aromatic N) is 1. The predicted molar refractivity (Wildman–Crippen MR) is 88.6 cm³/mol. The molecule has 21 heavy (non-hydrogen) atoms. The van der Waals surface area contributed by atoms with Crippen molar-refractivity contribution < 1.29 is 5.11 Å². The Morgan fingerprint density at radius 3 is 2.48 bits per heavy atom. The summed E-state index contributed by atoms with van der Waals surface area (Å²) in [6, 6.07) is 7.21. The highest BCUT2D eigenvalue weighted by Gasteiger charge is 2.26. The summed E-state index contributed by atoms with van der Waals surface area (Å²) >= 11 is 0. The largest absolute Gasteiger partial charge is 0.393 e. The summed E-state index contributed by atoms with van der Waals surface area (Å²) in [5.74, 6) is 0.458. The van der Waals surface area contributed by atoms with E-state index >= 15 is 0 Å². The van der Waals surface area contributed by atoms with Gasteiger partial charge in [-0.25, -0.2) is 0 Å². The molecule has 0 radical (unpaired) electrons. The highest BCUT2D eigenvalue weighted by molar-refractivity contribution is 5.30. The summed E-state index contributed by atoms with van der Waals surface area (Å²) in [7, 11) is 2.05. The summed E-state index contributed by atoms with van der Waals surface area (Å²) in [4.78, 5) is 2.49. The molecular formula is C18H30N2O. The van der Waals surface area contributed by atoms with Crippen molar-refractivity contribution in [2.24, 2.45) is 5.92 Å². The minimum absolute atomic E-state index is 0.172. The lowest BCUT2D eigenvalue weighted by Crippen LogP contribution is -2.28. The van der Waals surface area contributed by atoms with E-state index < -0.39 is 0 Å². The zero-order valence-electron chi connectivity index (χ0n) is 13.9. The Morgan fingerprint density at radius 2 is 1.95 bits per heavy atom. The standard InChI is InChI=1S/C18H30N2O/c1-13-9-14(2)11-17(10-13)18(19-4)6-8-20-7-5-16(12-20)15(3)21/h9-11,15-16,18-19,21H,5-8,12H2,1-4H3. The minimum Gasteiger partial charge on any atom is -0.393 e. The number of nitrogens with one attached hydrogen (secondary N) is 1. The van der Waals surface area contributed by atoms with Gasteiger partial charge in [0.15, 0.2) is 0 Å². The normalized spacial score (nSPS) is 22.4. The van der Waals surface area contributed by atoms with Gasteiger partial charge >= 0.3 is 0 Å². The monoisotopic (exact) mass is 290 g/mol. The van der Waals surface area contributed by atoms with Crippen LogP contribution in [-0.2, 0) is 0 Å². The molecule has 1 aromatic rings. The highest BCUT2D eigenvalue weighted by atomic mass is 16.3. The Morgan fingerprint density at radius 1 is 1.29 bits per heavy atom. The number of aliphatic hydroxyl groups excluding tert-OH is 1. The van der Waals surface area contributed by atoms with Crippen molar-refractivity contribution in [3.8, 4) is 0 Å². The second kappa shape index (κ2) is 7.39. The van der Waals surface area contributed by atoms with Crippen LogP contribution in [0, 0.1) is 19.8 Å². The SMILES string of the molecule is CNC(CCN1CCC(C(C)O)C1)c1cc(C)cc(C)c1. The molecular weight excluding hydrogens is 260 g/mol. The van der Waals surface area contributed by atoms with Crippen LogP contribution < -0.4 is 5.32 Å². The Hall–Kier alpha value is -0.900. The fraction of sp³-hybridized carbons (Fsp3) is 0.667. The van der Waals surface area contributed by atoms with Crippen LogP contribution in [0.5, 0.6) is 0 Å². The van der Waals surface area contributed by atoms with E-state index in [-0.39, 0.29) is 6.10 Å². The highest BCUT2D eigenvalue weighted by Crippen LogP contribution is 2.23. The van der Waals surface area contributed by atoms with Gasteiger partial charge in [0.1, 0.15) is 0 Å². The van der Waals surface area contributed by atoms with E-state index in [9.17, 15) is 5.11 Å². The third kappa shape index (κ3) is 4.53. The van der Waals surface area contributed by atoms with Crippen molar-refractivity contribution in [2.45, 2.75) is 45.8 Å². The van der Waals surface area contributed by atoms with Gasteiger partial charge in [-0.05, 0) is 65.2 Å². The molecule has 2 rings (SSSR count). The van der Waals surface area contributed by atoms with Crippen molar-refractivity contribution in [3.63, 3.8) is 0 Å². The second-order valence-corrected chi connectivity index (χ2v) is 6.64. The molecule has 1 aliphatic rings. The molecule has 1 heterocycles. The second-order valence-electron chi connectivity index (χ2n) is 6.64. The fourth-order valence-corrected chi connectivity index (χ4v) is 3.46. The van der Waals surface area contributed by atoms with Gasteiger partial charge in [-0.3, -0.25) is 0 Å². The van der Waals surface area contributed by atoms with E-state index in [0.29, 0.717) is 12.0 Å². The number of benzene rings is 1. The predicted octanol–water partition coefficient (Wildman–Crippen LogP) is 2.66. The molecule has 1 aliphatic heterocycles. The van der Waals surface area contributed by atoms with E-state index in [1.165, 1.54) is 16.7 Å². The van der Waals surface area contributed by atoms with Gasteiger partial charge in [-0.1, -0.05) is 29.3 Å². The van der Waals surface area contributed by atoms with Gasteiger partial charge in [0, 0.05) is 12.6 Å². The van der Waals surface area contributed by atoms with E-state index in [0.717, 1.165) is 32.5 Å². The average Bonchev–Trinajstić information content (AvgIpc) is 2.87. The molecule has 0 bridgehead atoms. The van der Waals surface area contributed by atoms with Crippen LogP contribution in [0.15, 0.2) is 18.2 Å². The maximum Gasteiger partial charge on any atom is 0.0552 e. The maximum absolute atomic E-state index is 9.69. The summed E-state index contributed by atoms with van der Waals surface area (Å²) in [6.45, 7) is 9.51. The van der Waals surface area contributed by atoms with Crippen molar-refractivity contribution in [1.82, 2.24) is 10.2 Å². The van der Waals surface area contributed by atoms with Crippen LogP contribution in [0.3, 0.4) is 0 Å². The molecule has 1 saturated heterocycles. The molecule has 2 N–H and O–H groups in total. The van der Waals surface area contributed by atoms with Crippen molar-refractivity contribution >= 4 is 0 Å². The van der Waals surface area contributed by atoms with Gasteiger partial charge in [0.25, 0.3) is 0 Å². The van der Waals surface area contributed by atoms with Crippen LogP contribution >= 0.6 is 0 Å². The number of aryl methyl sites for hydroxylation is 2. The van der Waals surface area contributed by atoms with Crippen LogP contribution in [0.1, 0.15) is 42.5 Å². The first-order valence-corrected chi connectivity index (χ1v) is 8.15. The van der Waals surface area contributed by atoms with Gasteiger partial charge in [0.2, 0.25) is 0 Å². The molecule has 3 nitrogen and oxygen atoms in total. The van der Waals surface area contributed by atoms with Crippen LogP contribution in [-0.4, -0.2) is 42.8 Å². The van der Waals surface area contributed by atoms with E-state index in [1.54, 1.807) is 0 Å². The first-order chi connectivity index (χ1) is 9.99. The third-order valence-electron chi connectivity index (χ3n) is 4.72. The Bertz CT molecular complexity index is 438. The smallest absolute Gasteiger partial charge is 0.0552 e. The first-order valence-electron chi connectivity index (χ1n) is 8.15. The molecule has 0 spiro atoms. The number of hydrogen-bond acceptors (Lipinski definition) is 3. The van der Waals surface area contributed by atoms with Crippen molar-refractivity contribution in [1.29, 1.82) is 0 Å². The van der Waals surface area contributed by atoms with Gasteiger partial charge in [-0.2, -0.15) is 0 Å². The Kier molecular flexibility index (Phi) is 5.80. The lowest BCUT2D eigenvalue weighted by Gasteiger charge is -2.22. The summed E-state index contributed by atoms with van der Waals surface area (Å²) in [5.41, 5.74) is 4.06. The number of aliphatic hydroxyl groups is 1. The Labute approximate surface area is 129 Å². The lowest BCUT2D eigenvalue weighted by molar-refractivity contribution is 0.127. The average molecular weight is 290 g/mol. The quantitative estimate of drug-likeness (QED) is 0.845. The zero-order chi connectivity index (χ0) is 15.4. The molecule has 0 saturated carbocycles. The van der Waals surface area contributed by atoms with Crippen LogP contribution in [0.25, 0.3) is 0 Å². The molecule has 0 amide bonds. The third-order valence-corrected chi connectivity index (χ3v) is 4.72. The molecule has 1 aromatic carbocycles. The summed E-state index contributed by atoms with van der Waals surface area (Å²) in [6.07, 6.45) is 2.08. The lowest BCUT2D eigenvalue weighted by atomic mass is 9.99. The minimum atomic E-state index is -0.172. The molecule has 1 fully saturated rings. The maximum atomic E-state index is 9.69. The van der Waals surface area contributed by atoms with E-state index in [1.807, 2.05) is 14.0 Å². The zero-order valence-corrected chi connectivity index (χ0v) is 13.9. The molecule has 3 heteroatoms. The molecule has 3 atom stereocenters. The van der Waals surface area contributed by atoms with E-state index in [2.05, 4.69) is 42.3 Å². The number of likely N-dealkylation sites (tertiary alicyclic amines) is 1. The number of rotatable bonds is 6. The fourth-order valence-electron chi connectivity index (χ4n) is 3.46. The molecule has 118 valence electrons. The van der Waals surface area contributed by atoms with Crippen molar-refractivity contribution in [2.75, 3.05) is 26.7 Å². The van der Waals surface area contributed by atoms with Crippen LogP contribution in [0.4, 0.5) is 0 Å². The number of hydrogen-bond donors (Lipinski definition) is 2. The summed E-state index contributed by atoms with van der Waals surface area (Å²) in [5, 5.41) is 13.1. The van der Waals surface area contributed by atoms with Crippen LogP contribution in [0.2, 0.25) is 0 Å². The van der Waals surface area contributed by atoms with Crippen molar-refractivity contribution in [3.05, 3.63) is 34.9 Å². The van der Waals surface area contributed by atoms with E-state index in [4.69, 9.17) is 0 Å². The molecule has 0 aliphatic carbocycles. The molecule has 3 unspecified atom stereocenters. The Balaban J connectivity index is 1.91. The first kappa shape index (κ1) is 16.5. The summed E-state index contributed by atoms with van der Waals surface area (Å²) < 4.78 is 0.